The van der Waals surface area contributed by atoms with E-state index >= 15 is 0 Å². The van der Waals surface area contributed by atoms with Gasteiger partial charge < -0.3 is 10.1 Å². The molecule has 1 aliphatic rings. The summed E-state index contributed by atoms with van der Waals surface area (Å²) in [5.41, 5.74) is 0.463. The first kappa shape index (κ1) is 13.5. The Hall–Kier alpha value is -2.44. The molecule has 7 nitrogen and oxygen atoms in total. The van der Waals surface area contributed by atoms with Crippen molar-refractivity contribution in [1.29, 1.82) is 0 Å². The Morgan fingerprint density at radius 2 is 2.38 bits per heavy atom. The van der Waals surface area contributed by atoms with Crippen LogP contribution in [0.3, 0.4) is 0 Å². The van der Waals surface area contributed by atoms with Crippen LogP contribution in [-0.2, 0) is 17.7 Å². The number of esters is 1. The van der Waals surface area contributed by atoms with Crippen molar-refractivity contribution in [3.8, 4) is 0 Å². The summed E-state index contributed by atoms with van der Waals surface area (Å²) in [6.07, 6.45) is 5.01. The molecule has 0 saturated carbocycles. The van der Waals surface area contributed by atoms with Crippen LogP contribution in [0.2, 0.25) is 0 Å². The molecule has 2 aromatic rings. The summed E-state index contributed by atoms with van der Waals surface area (Å²) >= 11 is 0. The number of carbonyl (C=O) groups excluding carboxylic acids is 1. The molecule has 0 aliphatic carbocycles. The summed E-state index contributed by atoms with van der Waals surface area (Å²) in [5.74, 6) is 1.43. The molecule has 7 heteroatoms. The van der Waals surface area contributed by atoms with Crippen LogP contribution in [0, 0.1) is 0 Å². The van der Waals surface area contributed by atoms with E-state index < -0.39 is 0 Å². The SMILES string of the molecule is CCOC(=O)c1ccc(NC2CCc3ncnn3C2)nc1. The number of rotatable bonds is 4. The average Bonchev–Trinajstić information content (AvgIpc) is 2.96. The van der Waals surface area contributed by atoms with Gasteiger partial charge in [0.15, 0.2) is 0 Å². The molecule has 21 heavy (non-hydrogen) atoms. The molecule has 110 valence electrons. The highest BCUT2D eigenvalue weighted by atomic mass is 16.5. The second-order valence-corrected chi connectivity index (χ2v) is 4.89. The van der Waals surface area contributed by atoms with Crippen molar-refractivity contribution in [3.63, 3.8) is 0 Å². The maximum atomic E-state index is 11.6. The highest BCUT2D eigenvalue weighted by Gasteiger charge is 2.19. The van der Waals surface area contributed by atoms with Crippen LogP contribution in [0.25, 0.3) is 0 Å². The molecule has 0 bridgehead atoms. The number of aryl methyl sites for hydroxylation is 1. The Morgan fingerprint density at radius 3 is 3.14 bits per heavy atom. The highest BCUT2D eigenvalue weighted by molar-refractivity contribution is 5.89. The van der Waals surface area contributed by atoms with Gasteiger partial charge in [-0.2, -0.15) is 5.10 Å². The minimum Gasteiger partial charge on any atom is -0.462 e. The number of hydrogen-bond donors (Lipinski definition) is 1. The molecular formula is C14H17N5O2. The smallest absolute Gasteiger partial charge is 0.339 e. The van der Waals surface area contributed by atoms with E-state index in [9.17, 15) is 4.79 Å². The van der Waals surface area contributed by atoms with Crippen molar-refractivity contribution in [1.82, 2.24) is 19.7 Å². The van der Waals surface area contributed by atoms with E-state index in [1.807, 2.05) is 4.68 Å². The third-order valence-electron chi connectivity index (χ3n) is 3.43. The third kappa shape index (κ3) is 3.01. The van der Waals surface area contributed by atoms with Crippen molar-refractivity contribution in [3.05, 3.63) is 36.0 Å². The summed E-state index contributed by atoms with van der Waals surface area (Å²) in [7, 11) is 0. The van der Waals surface area contributed by atoms with E-state index in [1.54, 1.807) is 25.4 Å². The van der Waals surface area contributed by atoms with Crippen LogP contribution >= 0.6 is 0 Å². The molecular weight excluding hydrogens is 270 g/mol. The molecule has 0 radical (unpaired) electrons. The maximum absolute atomic E-state index is 11.6. The number of fused-ring (bicyclic) bond motifs is 1. The summed E-state index contributed by atoms with van der Waals surface area (Å²) < 4.78 is 6.84. The zero-order valence-corrected chi connectivity index (χ0v) is 11.8. The second-order valence-electron chi connectivity index (χ2n) is 4.89. The fourth-order valence-corrected chi connectivity index (χ4v) is 2.38. The van der Waals surface area contributed by atoms with E-state index in [0.717, 1.165) is 31.0 Å². The molecule has 0 aromatic carbocycles. The Labute approximate surface area is 122 Å². The van der Waals surface area contributed by atoms with Gasteiger partial charge >= 0.3 is 5.97 Å². The number of carbonyl (C=O) groups is 1. The van der Waals surface area contributed by atoms with E-state index in [1.165, 1.54) is 6.20 Å². The molecule has 1 atom stereocenters. The summed E-state index contributed by atoms with van der Waals surface area (Å²) in [5, 5.41) is 7.55. The minimum absolute atomic E-state index is 0.264. The van der Waals surface area contributed by atoms with Crippen LogP contribution in [0.1, 0.15) is 29.5 Å². The number of pyridine rings is 1. The highest BCUT2D eigenvalue weighted by Crippen LogP contribution is 2.16. The van der Waals surface area contributed by atoms with Crippen molar-refractivity contribution >= 4 is 11.8 Å². The Morgan fingerprint density at radius 1 is 1.48 bits per heavy atom. The van der Waals surface area contributed by atoms with Gasteiger partial charge in [-0.15, -0.1) is 0 Å². The van der Waals surface area contributed by atoms with Crippen LogP contribution < -0.4 is 5.32 Å². The molecule has 0 saturated heterocycles. The van der Waals surface area contributed by atoms with Gasteiger partial charge in [-0.1, -0.05) is 0 Å². The molecule has 1 unspecified atom stereocenters. The maximum Gasteiger partial charge on any atom is 0.339 e. The number of ether oxygens (including phenoxy) is 1. The fourth-order valence-electron chi connectivity index (χ4n) is 2.38. The standard InChI is InChI=1S/C14H17N5O2/c1-2-21-14(20)10-3-5-12(15-7-10)18-11-4-6-13-16-9-17-19(13)8-11/h3,5,7,9,11H,2,4,6,8H2,1H3,(H,15,18). The van der Waals surface area contributed by atoms with Crippen LogP contribution in [-0.4, -0.2) is 38.4 Å². The van der Waals surface area contributed by atoms with Crippen molar-refractivity contribution < 1.29 is 9.53 Å². The predicted molar refractivity (Wildman–Crippen MR) is 75.9 cm³/mol. The van der Waals surface area contributed by atoms with E-state index in [2.05, 4.69) is 20.4 Å². The predicted octanol–water partition coefficient (Wildman–Crippen LogP) is 1.28. The molecule has 2 aromatic heterocycles. The lowest BCUT2D eigenvalue weighted by molar-refractivity contribution is 0.0526. The minimum atomic E-state index is -0.346. The van der Waals surface area contributed by atoms with Gasteiger partial charge in [-0.3, -0.25) is 0 Å². The Bertz CT molecular complexity index is 623. The first-order chi connectivity index (χ1) is 10.3. The van der Waals surface area contributed by atoms with Gasteiger partial charge in [0, 0.05) is 18.7 Å². The zero-order valence-electron chi connectivity index (χ0n) is 11.8. The third-order valence-corrected chi connectivity index (χ3v) is 3.43. The number of nitrogens with zero attached hydrogens (tertiary/aromatic N) is 4. The topological polar surface area (TPSA) is 81.9 Å². The van der Waals surface area contributed by atoms with Gasteiger partial charge in [0.1, 0.15) is 18.0 Å². The van der Waals surface area contributed by atoms with Crippen molar-refractivity contribution in [2.75, 3.05) is 11.9 Å². The molecule has 3 rings (SSSR count). The van der Waals surface area contributed by atoms with Crippen LogP contribution in [0.15, 0.2) is 24.7 Å². The first-order valence-electron chi connectivity index (χ1n) is 7.02. The molecule has 1 aliphatic heterocycles. The lowest BCUT2D eigenvalue weighted by Gasteiger charge is -2.24. The first-order valence-corrected chi connectivity index (χ1v) is 7.02. The number of anilines is 1. The normalized spacial score (nSPS) is 17.1. The van der Waals surface area contributed by atoms with Crippen molar-refractivity contribution in [2.24, 2.45) is 0 Å². The van der Waals surface area contributed by atoms with Gasteiger partial charge in [0.25, 0.3) is 0 Å². The molecule has 1 N–H and O–H groups in total. The van der Waals surface area contributed by atoms with Gasteiger partial charge in [0.05, 0.1) is 18.7 Å². The summed E-state index contributed by atoms with van der Waals surface area (Å²) in [6.45, 7) is 2.92. The van der Waals surface area contributed by atoms with E-state index in [0.29, 0.717) is 12.2 Å². The number of aromatic nitrogens is 4. The quantitative estimate of drug-likeness (QED) is 0.853. The van der Waals surface area contributed by atoms with Crippen LogP contribution in [0.4, 0.5) is 5.82 Å². The molecule has 0 amide bonds. The van der Waals surface area contributed by atoms with Crippen LogP contribution in [0.5, 0.6) is 0 Å². The zero-order chi connectivity index (χ0) is 14.7. The largest absolute Gasteiger partial charge is 0.462 e. The summed E-state index contributed by atoms with van der Waals surface area (Å²) in [6, 6.07) is 3.78. The van der Waals surface area contributed by atoms with Gasteiger partial charge in [-0.25, -0.2) is 19.4 Å². The number of nitrogens with one attached hydrogen (secondary N) is 1. The summed E-state index contributed by atoms with van der Waals surface area (Å²) in [4.78, 5) is 20.0. The van der Waals surface area contributed by atoms with E-state index in [-0.39, 0.29) is 12.0 Å². The monoisotopic (exact) mass is 287 g/mol. The van der Waals surface area contributed by atoms with Gasteiger partial charge in [0.2, 0.25) is 0 Å². The van der Waals surface area contributed by atoms with E-state index in [4.69, 9.17) is 4.74 Å². The molecule has 0 spiro atoms. The molecule has 3 heterocycles. The average molecular weight is 287 g/mol. The fraction of sp³-hybridized carbons (Fsp3) is 0.429. The van der Waals surface area contributed by atoms with Gasteiger partial charge in [-0.05, 0) is 25.5 Å². The number of hydrogen-bond acceptors (Lipinski definition) is 6. The molecule has 0 fully saturated rings. The lowest BCUT2D eigenvalue weighted by atomic mass is 10.1. The second kappa shape index (κ2) is 5.90. The Kier molecular flexibility index (Phi) is 3.81. The van der Waals surface area contributed by atoms with Crippen molar-refractivity contribution in [2.45, 2.75) is 32.4 Å². The lowest BCUT2D eigenvalue weighted by Crippen LogP contribution is -2.32. The Balaban J connectivity index is 1.62.